The van der Waals surface area contributed by atoms with Gasteiger partial charge in [-0.1, -0.05) is 18.2 Å². The predicted octanol–water partition coefficient (Wildman–Crippen LogP) is 1.07. The Labute approximate surface area is 97.9 Å². The third kappa shape index (κ3) is 2.89. The molecule has 0 spiro atoms. The van der Waals surface area contributed by atoms with Crippen LogP contribution in [0, 0.1) is 11.3 Å². The Morgan fingerprint density at radius 3 is 2.76 bits per heavy atom. The first-order valence-electron chi connectivity index (χ1n) is 4.96. The topological polar surface area (TPSA) is 98.4 Å². The van der Waals surface area contributed by atoms with Gasteiger partial charge in [0.1, 0.15) is 0 Å². The van der Waals surface area contributed by atoms with Crippen molar-refractivity contribution in [1.29, 1.82) is 5.26 Å². The van der Waals surface area contributed by atoms with Gasteiger partial charge in [0.05, 0.1) is 6.07 Å². The van der Waals surface area contributed by atoms with Gasteiger partial charge in [-0.2, -0.15) is 5.26 Å². The van der Waals surface area contributed by atoms with E-state index in [4.69, 9.17) is 10.4 Å². The fraction of sp³-hybridized carbons (Fsp3) is 0.250. The summed E-state index contributed by atoms with van der Waals surface area (Å²) in [5.74, 6) is -1.41. The summed E-state index contributed by atoms with van der Waals surface area (Å²) in [6.07, 6.45) is -0.635. The van der Waals surface area contributed by atoms with Gasteiger partial charge in [0.15, 0.2) is 12.4 Å². The third-order valence-electron chi connectivity index (χ3n) is 2.38. The number of hydrogen-bond donors (Lipinski definition) is 2. The number of aldehydes is 1. The van der Waals surface area contributed by atoms with E-state index in [1.807, 2.05) is 6.07 Å². The maximum absolute atomic E-state index is 11.0. The fourth-order valence-corrected chi connectivity index (χ4v) is 1.56. The molecule has 1 atom stereocenters. The second kappa shape index (κ2) is 5.77. The average Bonchev–Trinajstić information content (AvgIpc) is 2.34. The van der Waals surface area contributed by atoms with Crippen LogP contribution in [-0.4, -0.2) is 22.5 Å². The molecule has 0 saturated heterocycles. The lowest BCUT2D eigenvalue weighted by atomic mass is 9.95. The number of benzene rings is 1. The molecule has 0 aliphatic heterocycles. The Kier molecular flexibility index (Phi) is 4.37. The number of rotatable bonds is 5. The second-order valence-electron chi connectivity index (χ2n) is 3.44. The highest BCUT2D eigenvalue weighted by Gasteiger charge is 2.20. The Morgan fingerprint density at radius 1 is 1.53 bits per heavy atom. The van der Waals surface area contributed by atoms with Crippen LogP contribution in [0.5, 0.6) is 0 Å². The van der Waals surface area contributed by atoms with E-state index in [1.165, 1.54) is 6.07 Å². The molecule has 0 heterocycles. The van der Waals surface area contributed by atoms with Crippen LogP contribution < -0.4 is 0 Å². The summed E-state index contributed by atoms with van der Waals surface area (Å²) in [6, 6.07) is 6.53. The minimum Gasteiger partial charge on any atom is -0.479 e. The number of aliphatic carboxylic acids is 1. The largest absolute Gasteiger partial charge is 0.479 e. The molecule has 0 radical (unpaired) electrons. The van der Waals surface area contributed by atoms with Gasteiger partial charge in [0.2, 0.25) is 0 Å². The minimum atomic E-state index is -1.72. The van der Waals surface area contributed by atoms with Crippen molar-refractivity contribution >= 4 is 12.3 Å². The van der Waals surface area contributed by atoms with Gasteiger partial charge in [-0.3, -0.25) is 4.79 Å². The summed E-state index contributed by atoms with van der Waals surface area (Å²) in [7, 11) is 0. The molecule has 1 aromatic carbocycles. The molecule has 0 aliphatic rings. The van der Waals surface area contributed by atoms with Crippen LogP contribution in [0.25, 0.3) is 0 Å². The van der Waals surface area contributed by atoms with E-state index in [0.717, 1.165) is 0 Å². The molecule has 5 heteroatoms. The smallest absolute Gasteiger partial charge is 0.337 e. The Bertz CT molecular complexity index is 476. The highest BCUT2D eigenvalue weighted by atomic mass is 16.4. The molecular weight excluding hydrogens is 222 g/mol. The van der Waals surface area contributed by atoms with Crippen LogP contribution in [0.15, 0.2) is 18.2 Å². The van der Waals surface area contributed by atoms with Crippen molar-refractivity contribution in [2.24, 2.45) is 0 Å². The molecule has 0 amide bonds. The van der Waals surface area contributed by atoms with Gasteiger partial charge in [-0.15, -0.1) is 0 Å². The predicted molar refractivity (Wildman–Crippen MR) is 58.4 cm³/mol. The van der Waals surface area contributed by atoms with Gasteiger partial charge in [0.25, 0.3) is 0 Å². The standard InChI is InChI=1S/C12H11NO4/c13-6-2-4-8-3-1-5-9(10(8)7-14)11(15)12(16)17/h1,3,5,7,11,15H,2,4H2,(H,16,17). The van der Waals surface area contributed by atoms with Crippen molar-refractivity contribution in [3.8, 4) is 6.07 Å². The van der Waals surface area contributed by atoms with Crippen molar-refractivity contribution < 1.29 is 19.8 Å². The van der Waals surface area contributed by atoms with Gasteiger partial charge in [-0.05, 0) is 12.0 Å². The van der Waals surface area contributed by atoms with E-state index in [2.05, 4.69) is 0 Å². The van der Waals surface area contributed by atoms with Gasteiger partial charge in [0, 0.05) is 17.5 Å². The molecule has 1 aromatic rings. The molecule has 0 aromatic heterocycles. The molecule has 17 heavy (non-hydrogen) atoms. The van der Waals surface area contributed by atoms with Crippen LogP contribution in [0.2, 0.25) is 0 Å². The number of aryl methyl sites for hydroxylation is 1. The lowest BCUT2D eigenvalue weighted by Gasteiger charge is -2.11. The van der Waals surface area contributed by atoms with Crippen molar-refractivity contribution in [2.45, 2.75) is 18.9 Å². The Hall–Kier alpha value is -2.19. The van der Waals surface area contributed by atoms with Crippen molar-refractivity contribution in [2.75, 3.05) is 0 Å². The maximum Gasteiger partial charge on any atom is 0.337 e. The molecule has 0 bridgehead atoms. The number of aliphatic hydroxyl groups excluding tert-OH is 1. The van der Waals surface area contributed by atoms with Gasteiger partial charge >= 0.3 is 5.97 Å². The number of hydrogen-bond acceptors (Lipinski definition) is 4. The first-order valence-corrected chi connectivity index (χ1v) is 4.96. The Balaban J connectivity index is 3.19. The van der Waals surface area contributed by atoms with E-state index in [0.29, 0.717) is 18.3 Å². The van der Waals surface area contributed by atoms with Crippen LogP contribution in [0.3, 0.4) is 0 Å². The molecule has 0 fully saturated rings. The lowest BCUT2D eigenvalue weighted by Crippen LogP contribution is -2.13. The first kappa shape index (κ1) is 12.9. The summed E-state index contributed by atoms with van der Waals surface area (Å²) in [6.45, 7) is 0. The van der Waals surface area contributed by atoms with E-state index < -0.39 is 12.1 Å². The quantitative estimate of drug-likeness (QED) is 0.741. The third-order valence-corrected chi connectivity index (χ3v) is 2.38. The van der Waals surface area contributed by atoms with E-state index in [-0.39, 0.29) is 17.5 Å². The zero-order valence-corrected chi connectivity index (χ0v) is 8.96. The fourth-order valence-electron chi connectivity index (χ4n) is 1.56. The maximum atomic E-state index is 11.0. The van der Waals surface area contributed by atoms with Crippen LogP contribution >= 0.6 is 0 Å². The molecule has 1 unspecified atom stereocenters. The van der Waals surface area contributed by atoms with Crippen molar-refractivity contribution in [1.82, 2.24) is 0 Å². The summed E-state index contributed by atoms with van der Waals surface area (Å²) in [5, 5.41) is 26.6. The summed E-state index contributed by atoms with van der Waals surface area (Å²) in [5.41, 5.74) is 0.778. The monoisotopic (exact) mass is 233 g/mol. The van der Waals surface area contributed by atoms with Crippen molar-refractivity contribution in [3.05, 3.63) is 34.9 Å². The average molecular weight is 233 g/mol. The summed E-state index contributed by atoms with van der Waals surface area (Å²) in [4.78, 5) is 21.6. The zero-order chi connectivity index (χ0) is 12.8. The highest BCUT2D eigenvalue weighted by molar-refractivity contribution is 5.84. The number of carbonyl (C=O) groups excluding carboxylic acids is 1. The molecule has 5 nitrogen and oxygen atoms in total. The molecule has 2 N–H and O–H groups in total. The molecular formula is C12H11NO4. The first-order chi connectivity index (χ1) is 8.11. The minimum absolute atomic E-state index is 0.0583. The van der Waals surface area contributed by atoms with E-state index in [9.17, 15) is 14.7 Å². The SMILES string of the molecule is N#CCCc1cccc(C(O)C(=O)O)c1C=O. The number of aliphatic hydroxyl groups is 1. The molecule has 88 valence electrons. The summed E-state index contributed by atoms with van der Waals surface area (Å²) < 4.78 is 0. The second-order valence-corrected chi connectivity index (χ2v) is 3.44. The normalized spacial score (nSPS) is 11.5. The van der Waals surface area contributed by atoms with Crippen LogP contribution in [-0.2, 0) is 11.2 Å². The Morgan fingerprint density at radius 2 is 2.24 bits per heavy atom. The van der Waals surface area contributed by atoms with Crippen LogP contribution in [0.4, 0.5) is 0 Å². The van der Waals surface area contributed by atoms with E-state index in [1.54, 1.807) is 12.1 Å². The summed E-state index contributed by atoms with van der Waals surface area (Å²) >= 11 is 0. The van der Waals surface area contributed by atoms with Crippen LogP contribution in [0.1, 0.15) is 34.0 Å². The van der Waals surface area contributed by atoms with Gasteiger partial charge in [-0.25, -0.2) is 4.79 Å². The van der Waals surface area contributed by atoms with Crippen molar-refractivity contribution in [3.63, 3.8) is 0 Å². The number of nitrogens with zero attached hydrogens (tertiary/aromatic N) is 1. The van der Waals surface area contributed by atoms with Gasteiger partial charge < -0.3 is 10.2 Å². The number of carboxylic acids is 1. The van der Waals surface area contributed by atoms with E-state index >= 15 is 0 Å². The molecule has 0 aliphatic carbocycles. The number of carbonyl (C=O) groups is 2. The number of nitriles is 1. The zero-order valence-electron chi connectivity index (χ0n) is 8.96. The number of carboxylic acid groups (broad SMARTS) is 1. The molecule has 1 rings (SSSR count). The highest BCUT2D eigenvalue weighted by Crippen LogP contribution is 2.21. The molecule has 0 saturated carbocycles. The lowest BCUT2D eigenvalue weighted by molar-refractivity contribution is -0.146.